The van der Waals surface area contributed by atoms with Crippen LogP contribution < -0.4 is 5.32 Å². The summed E-state index contributed by atoms with van der Waals surface area (Å²) < 4.78 is 34.9. The summed E-state index contributed by atoms with van der Waals surface area (Å²) in [6, 6.07) is 6.86. The molecule has 0 spiro atoms. The third-order valence-corrected chi connectivity index (χ3v) is 6.93. The lowest BCUT2D eigenvalue weighted by Gasteiger charge is -2.28. The minimum absolute atomic E-state index is 0.236. The van der Waals surface area contributed by atoms with Crippen LogP contribution in [0, 0.1) is 19.3 Å². The molecule has 1 aliphatic rings. The summed E-state index contributed by atoms with van der Waals surface area (Å²) >= 11 is 0. The quantitative estimate of drug-likeness (QED) is 0.720. The van der Waals surface area contributed by atoms with Crippen LogP contribution in [-0.4, -0.2) is 35.5 Å². The number of aromatic nitrogens is 1. The van der Waals surface area contributed by atoms with Gasteiger partial charge in [-0.05, 0) is 57.4 Å². The standard InChI is InChI=1S/C23H29N3O4S/c1-6-12-25-15-18(14-24-22(27)30-23(3,4)5)20-11-13-26(16-21(20)25)31(28,29)19-9-7-17(2)8-10-19/h1,7-10,15H,11-14,16H2,2-5H3,(H,24,27). The largest absolute Gasteiger partial charge is 0.444 e. The molecular formula is C23H29N3O4S. The van der Waals surface area contributed by atoms with Crippen molar-refractivity contribution in [2.75, 3.05) is 6.54 Å². The van der Waals surface area contributed by atoms with E-state index < -0.39 is 21.7 Å². The fraction of sp³-hybridized carbons (Fsp3) is 0.435. The smallest absolute Gasteiger partial charge is 0.407 e. The van der Waals surface area contributed by atoms with Crippen LogP contribution >= 0.6 is 0 Å². The predicted octanol–water partition coefficient (Wildman–Crippen LogP) is 3.20. The number of aryl methyl sites for hydroxylation is 1. The Hall–Kier alpha value is -2.76. The maximum absolute atomic E-state index is 13.1. The van der Waals surface area contributed by atoms with Crippen LogP contribution in [-0.2, 0) is 40.8 Å². The fourth-order valence-corrected chi connectivity index (χ4v) is 5.02. The normalized spacial score (nSPS) is 14.5. The highest BCUT2D eigenvalue weighted by molar-refractivity contribution is 7.89. The summed E-state index contributed by atoms with van der Waals surface area (Å²) in [6.07, 6.45) is 7.47. The van der Waals surface area contributed by atoms with E-state index in [4.69, 9.17) is 11.2 Å². The molecule has 2 aromatic rings. The van der Waals surface area contributed by atoms with Gasteiger partial charge >= 0.3 is 6.09 Å². The number of alkyl carbamates (subject to hydrolysis) is 1. The molecule has 0 aliphatic carbocycles. The molecule has 7 nitrogen and oxygen atoms in total. The molecule has 8 heteroatoms. The van der Waals surface area contributed by atoms with Crippen LogP contribution in [0.2, 0.25) is 0 Å². The number of rotatable bonds is 5. The summed E-state index contributed by atoms with van der Waals surface area (Å²) in [5, 5.41) is 2.78. The molecule has 0 radical (unpaired) electrons. The number of hydrogen-bond acceptors (Lipinski definition) is 4. The average molecular weight is 444 g/mol. The minimum Gasteiger partial charge on any atom is -0.444 e. The van der Waals surface area contributed by atoms with Crippen molar-refractivity contribution in [3.05, 3.63) is 52.8 Å². The summed E-state index contributed by atoms with van der Waals surface area (Å²) in [5.41, 5.74) is 3.24. The first-order valence-corrected chi connectivity index (χ1v) is 11.6. The molecule has 0 bridgehead atoms. The molecule has 0 saturated heterocycles. The molecule has 166 valence electrons. The highest BCUT2D eigenvalue weighted by Crippen LogP contribution is 2.29. The lowest BCUT2D eigenvalue weighted by Crippen LogP contribution is -2.37. The Kier molecular flexibility index (Phi) is 6.48. The molecule has 3 rings (SSSR count). The van der Waals surface area contributed by atoms with E-state index in [1.165, 1.54) is 4.31 Å². The van der Waals surface area contributed by atoms with Gasteiger partial charge in [-0.2, -0.15) is 4.31 Å². The molecule has 0 atom stereocenters. The Bertz CT molecular complexity index is 1100. The number of nitrogens with one attached hydrogen (secondary N) is 1. The Morgan fingerprint density at radius 1 is 1.26 bits per heavy atom. The number of carbonyl (C=O) groups excluding carboxylic acids is 1. The van der Waals surface area contributed by atoms with Crippen LogP contribution in [0.5, 0.6) is 0 Å². The third-order valence-electron chi connectivity index (χ3n) is 5.07. The van der Waals surface area contributed by atoms with E-state index in [1.54, 1.807) is 45.0 Å². The van der Waals surface area contributed by atoms with Gasteiger partial charge in [0.15, 0.2) is 0 Å². The second kappa shape index (κ2) is 8.77. The monoisotopic (exact) mass is 443 g/mol. The number of hydrogen-bond donors (Lipinski definition) is 1. The van der Waals surface area contributed by atoms with Gasteiger partial charge in [0.2, 0.25) is 10.0 Å². The van der Waals surface area contributed by atoms with Gasteiger partial charge in [-0.1, -0.05) is 23.6 Å². The molecule has 0 unspecified atom stereocenters. The van der Waals surface area contributed by atoms with Crippen molar-refractivity contribution in [2.45, 2.75) is 64.2 Å². The number of carbonyl (C=O) groups is 1. The topological polar surface area (TPSA) is 80.6 Å². The van der Waals surface area contributed by atoms with Gasteiger partial charge in [0, 0.05) is 25.0 Å². The van der Waals surface area contributed by atoms with Gasteiger partial charge in [-0.3, -0.25) is 0 Å². The number of sulfonamides is 1. The number of ether oxygens (including phenoxy) is 1. The van der Waals surface area contributed by atoms with Crippen LogP contribution in [0.15, 0.2) is 35.4 Å². The summed E-state index contributed by atoms with van der Waals surface area (Å²) in [4.78, 5) is 12.3. The highest BCUT2D eigenvalue weighted by Gasteiger charge is 2.31. The molecule has 1 aromatic carbocycles. The van der Waals surface area contributed by atoms with Crippen LogP contribution in [0.3, 0.4) is 0 Å². The molecule has 1 N–H and O–H groups in total. The molecule has 1 amide bonds. The number of fused-ring (bicyclic) bond motifs is 1. The second-order valence-corrected chi connectivity index (χ2v) is 10.6. The van der Waals surface area contributed by atoms with Crippen molar-refractivity contribution in [3.63, 3.8) is 0 Å². The van der Waals surface area contributed by atoms with Crippen molar-refractivity contribution < 1.29 is 17.9 Å². The van der Waals surface area contributed by atoms with Gasteiger partial charge in [0.05, 0.1) is 18.0 Å². The van der Waals surface area contributed by atoms with Gasteiger partial charge in [-0.15, -0.1) is 6.42 Å². The molecule has 31 heavy (non-hydrogen) atoms. The Morgan fingerprint density at radius 3 is 2.55 bits per heavy atom. The minimum atomic E-state index is -3.61. The van der Waals surface area contributed by atoms with Crippen molar-refractivity contribution in [1.29, 1.82) is 0 Å². The van der Waals surface area contributed by atoms with Crippen molar-refractivity contribution in [2.24, 2.45) is 0 Å². The molecule has 2 heterocycles. The van der Waals surface area contributed by atoms with E-state index in [2.05, 4.69) is 11.2 Å². The Morgan fingerprint density at radius 2 is 1.94 bits per heavy atom. The second-order valence-electron chi connectivity index (χ2n) is 8.67. The van der Waals surface area contributed by atoms with Gasteiger partial charge in [-0.25, -0.2) is 13.2 Å². The molecule has 1 aliphatic heterocycles. The average Bonchev–Trinajstić information content (AvgIpc) is 3.03. The van der Waals surface area contributed by atoms with E-state index in [-0.39, 0.29) is 11.4 Å². The summed E-state index contributed by atoms with van der Waals surface area (Å²) in [7, 11) is -3.61. The first kappa shape index (κ1) is 22.9. The number of amides is 1. The number of nitrogens with zero attached hydrogens (tertiary/aromatic N) is 2. The van der Waals surface area contributed by atoms with E-state index in [0.717, 1.165) is 22.4 Å². The Balaban J connectivity index is 1.82. The van der Waals surface area contributed by atoms with Crippen LogP contribution in [0.4, 0.5) is 4.79 Å². The van der Waals surface area contributed by atoms with Gasteiger partial charge < -0.3 is 14.6 Å². The first-order chi connectivity index (χ1) is 14.5. The maximum atomic E-state index is 13.1. The Labute approximate surface area is 184 Å². The summed E-state index contributed by atoms with van der Waals surface area (Å²) in [5.74, 6) is 2.62. The lowest BCUT2D eigenvalue weighted by molar-refractivity contribution is 0.0523. The van der Waals surface area contributed by atoms with E-state index in [1.807, 2.05) is 17.7 Å². The predicted molar refractivity (Wildman–Crippen MR) is 119 cm³/mol. The highest BCUT2D eigenvalue weighted by atomic mass is 32.2. The van der Waals surface area contributed by atoms with E-state index in [0.29, 0.717) is 26.1 Å². The fourth-order valence-electron chi connectivity index (χ4n) is 3.61. The molecular weight excluding hydrogens is 414 g/mol. The zero-order valence-electron chi connectivity index (χ0n) is 18.4. The third kappa shape index (κ3) is 5.30. The SMILES string of the molecule is C#CCn1cc(CNC(=O)OC(C)(C)C)c2c1CN(S(=O)(=O)c1ccc(C)cc1)CC2. The van der Waals surface area contributed by atoms with Crippen molar-refractivity contribution in [1.82, 2.24) is 14.2 Å². The maximum Gasteiger partial charge on any atom is 0.407 e. The van der Waals surface area contributed by atoms with Crippen LogP contribution in [0.1, 0.15) is 43.2 Å². The molecule has 0 fully saturated rings. The van der Waals surface area contributed by atoms with E-state index in [9.17, 15) is 13.2 Å². The number of terminal acetylenes is 1. The zero-order valence-corrected chi connectivity index (χ0v) is 19.3. The molecule has 0 saturated carbocycles. The van der Waals surface area contributed by atoms with Crippen LogP contribution in [0.25, 0.3) is 0 Å². The van der Waals surface area contributed by atoms with Crippen molar-refractivity contribution in [3.8, 4) is 12.3 Å². The van der Waals surface area contributed by atoms with Gasteiger partial charge in [0.1, 0.15) is 5.60 Å². The zero-order chi connectivity index (χ0) is 22.8. The first-order valence-electron chi connectivity index (χ1n) is 10.2. The molecule has 1 aromatic heterocycles. The lowest BCUT2D eigenvalue weighted by atomic mass is 10.0. The number of benzene rings is 1. The van der Waals surface area contributed by atoms with Crippen molar-refractivity contribution >= 4 is 16.1 Å². The van der Waals surface area contributed by atoms with Gasteiger partial charge in [0.25, 0.3) is 0 Å². The van der Waals surface area contributed by atoms with E-state index >= 15 is 0 Å². The summed E-state index contributed by atoms with van der Waals surface area (Å²) in [6.45, 7) is 8.56.